The molecule has 1 heterocycles. The SMILES string of the molecule is CCc1ccccc1NC(=O)CN(C)Cc1cnn(CC)c1C. The van der Waals surface area contributed by atoms with Gasteiger partial charge in [0, 0.05) is 30.0 Å². The number of amides is 1. The van der Waals surface area contributed by atoms with Gasteiger partial charge in [-0.2, -0.15) is 5.10 Å². The van der Waals surface area contributed by atoms with E-state index in [-0.39, 0.29) is 5.91 Å². The maximum absolute atomic E-state index is 12.3. The molecule has 0 atom stereocenters. The van der Waals surface area contributed by atoms with Crippen LogP contribution in [0.5, 0.6) is 0 Å². The van der Waals surface area contributed by atoms with Gasteiger partial charge in [-0.15, -0.1) is 0 Å². The first-order chi connectivity index (χ1) is 11.0. The Morgan fingerprint density at radius 3 is 2.65 bits per heavy atom. The van der Waals surface area contributed by atoms with E-state index in [0.717, 1.165) is 35.5 Å². The number of anilines is 1. The molecule has 5 nitrogen and oxygen atoms in total. The van der Waals surface area contributed by atoms with Crippen molar-refractivity contribution in [2.45, 2.75) is 40.3 Å². The number of carbonyl (C=O) groups excluding carboxylic acids is 1. The van der Waals surface area contributed by atoms with Gasteiger partial charge >= 0.3 is 0 Å². The maximum Gasteiger partial charge on any atom is 0.238 e. The standard InChI is InChI=1S/C18H26N4O/c1-5-15-9-7-8-10-17(15)20-18(23)13-21(4)12-16-11-19-22(6-2)14(16)3/h7-11H,5-6,12-13H2,1-4H3,(H,20,23). The van der Waals surface area contributed by atoms with E-state index in [1.165, 1.54) is 0 Å². The van der Waals surface area contributed by atoms with Crippen LogP contribution in [-0.4, -0.2) is 34.2 Å². The Kier molecular flexibility index (Phi) is 5.93. The van der Waals surface area contributed by atoms with E-state index in [4.69, 9.17) is 0 Å². The van der Waals surface area contributed by atoms with Crippen LogP contribution < -0.4 is 5.32 Å². The summed E-state index contributed by atoms with van der Waals surface area (Å²) in [6, 6.07) is 7.93. The number of aromatic nitrogens is 2. The van der Waals surface area contributed by atoms with Crippen LogP contribution in [0.3, 0.4) is 0 Å². The van der Waals surface area contributed by atoms with Crippen molar-refractivity contribution in [2.24, 2.45) is 0 Å². The minimum Gasteiger partial charge on any atom is -0.325 e. The van der Waals surface area contributed by atoms with Gasteiger partial charge in [0.15, 0.2) is 0 Å². The summed E-state index contributed by atoms with van der Waals surface area (Å²) in [5.74, 6) is 0.00827. The van der Waals surface area contributed by atoms with E-state index in [1.54, 1.807) is 0 Å². The van der Waals surface area contributed by atoms with E-state index in [0.29, 0.717) is 13.1 Å². The lowest BCUT2D eigenvalue weighted by atomic mass is 10.1. The Labute approximate surface area is 138 Å². The summed E-state index contributed by atoms with van der Waals surface area (Å²) in [5.41, 5.74) is 4.39. The fourth-order valence-corrected chi connectivity index (χ4v) is 2.69. The summed E-state index contributed by atoms with van der Waals surface area (Å²) in [5, 5.41) is 7.35. The summed E-state index contributed by atoms with van der Waals surface area (Å²) in [6.45, 7) is 8.17. The number of aryl methyl sites for hydroxylation is 2. The van der Waals surface area contributed by atoms with Gasteiger partial charge in [-0.1, -0.05) is 25.1 Å². The number of nitrogens with zero attached hydrogens (tertiary/aromatic N) is 3. The fraction of sp³-hybridized carbons (Fsp3) is 0.444. The van der Waals surface area contributed by atoms with Crippen LogP contribution in [0, 0.1) is 6.92 Å². The van der Waals surface area contributed by atoms with Gasteiger partial charge in [0.2, 0.25) is 5.91 Å². The summed E-state index contributed by atoms with van der Waals surface area (Å²) < 4.78 is 1.97. The van der Waals surface area contributed by atoms with Crippen LogP contribution in [0.15, 0.2) is 30.5 Å². The van der Waals surface area contributed by atoms with Crippen molar-refractivity contribution >= 4 is 11.6 Å². The molecule has 0 spiro atoms. The van der Waals surface area contributed by atoms with E-state index in [1.807, 2.05) is 47.1 Å². The van der Waals surface area contributed by atoms with Crippen molar-refractivity contribution in [3.05, 3.63) is 47.3 Å². The number of carbonyl (C=O) groups is 1. The number of likely N-dealkylation sites (N-methyl/N-ethyl adjacent to an activating group) is 1. The first-order valence-corrected chi connectivity index (χ1v) is 8.12. The van der Waals surface area contributed by atoms with Crippen molar-refractivity contribution in [1.82, 2.24) is 14.7 Å². The number of nitrogens with one attached hydrogen (secondary N) is 1. The molecule has 0 aliphatic carbocycles. The Bertz CT molecular complexity index is 663. The Morgan fingerprint density at radius 1 is 1.26 bits per heavy atom. The zero-order chi connectivity index (χ0) is 16.8. The van der Waals surface area contributed by atoms with Gasteiger partial charge in [-0.05, 0) is 38.9 Å². The summed E-state index contributed by atoms with van der Waals surface area (Å²) in [4.78, 5) is 14.3. The molecule has 1 aromatic carbocycles. The van der Waals surface area contributed by atoms with Crippen LogP contribution in [0.25, 0.3) is 0 Å². The van der Waals surface area contributed by atoms with Gasteiger partial charge in [0.25, 0.3) is 0 Å². The van der Waals surface area contributed by atoms with Gasteiger partial charge in [-0.25, -0.2) is 0 Å². The summed E-state index contributed by atoms with van der Waals surface area (Å²) in [7, 11) is 1.95. The van der Waals surface area contributed by atoms with Crippen molar-refractivity contribution in [2.75, 3.05) is 18.9 Å². The molecule has 2 rings (SSSR count). The zero-order valence-corrected chi connectivity index (χ0v) is 14.5. The molecule has 0 fully saturated rings. The van der Waals surface area contributed by atoms with Crippen molar-refractivity contribution in [1.29, 1.82) is 0 Å². The molecule has 2 aromatic rings. The van der Waals surface area contributed by atoms with Gasteiger partial charge in [-0.3, -0.25) is 14.4 Å². The molecule has 0 unspecified atom stereocenters. The van der Waals surface area contributed by atoms with Crippen molar-refractivity contribution in [3.63, 3.8) is 0 Å². The van der Waals surface area contributed by atoms with E-state index in [2.05, 4.69) is 31.2 Å². The van der Waals surface area contributed by atoms with Crippen molar-refractivity contribution < 1.29 is 4.79 Å². The quantitative estimate of drug-likeness (QED) is 0.855. The lowest BCUT2D eigenvalue weighted by Crippen LogP contribution is -2.30. The number of hydrogen-bond donors (Lipinski definition) is 1. The Balaban J connectivity index is 1.93. The van der Waals surface area contributed by atoms with Gasteiger partial charge < -0.3 is 5.32 Å². The van der Waals surface area contributed by atoms with Gasteiger partial charge in [0.05, 0.1) is 12.7 Å². The largest absolute Gasteiger partial charge is 0.325 e. The molecule has 0 saturated heterocycles. The molecular formula is C18H26N4O. The summed E-state index contributed by atoms with van der Waals surface area (Å²) in [6.07, 6.45) is 2.79. The van der Waals surface area contributed by atoms with Crippen LogP contribution in [-0.2, 0) is 24.3 Å². The third-order valence-electron chi connectivity index (χ3n) is 4.03. The molecule has 1 N–H and O–H groups in total. The molecule has 0 bridgehead atoms. The van der Waals surface area contributed by atoms with Crippen LogP contribution in [0.4, 0.5) is 5.69 Å². The second kappa shape index (κ2) is 7.92. The second-order valence-corrected chi connectivity index (χ2v) is 5.80. The molecule has 23 heavy (non-hydrogen) atoms. The molecule has 0 aliphatic heterocycles. The molecule has 0 saturated carbocycles. The highest BCUT2D eigenvalue weighted by Gasteiger charge is 2.12. The minimum atomic E-state index is 0.00827. The molecule has 0 radical (unpaired) electrons. The van der Waals surface area contributed by atoms with Gasteiger partial charge in [0.1, 0.15) is 0 Å². The van der Waals surface area contributed by atoms with Crippen LogP contribution in [0.1, 0.15) is 30.7 Å². The lowest BCUT2D eigenvalue weighted by Gasteiger charge is -2.17. The first-order valence-electron chi connectivity index (χ1n) is 8.12. The monoisotopic (exact) mass is 314 g/mol. The smallest absolute Gasteiger partial charge is 0.238 e. The average molecular weight is 314 g/mol. The third-order valence-corrected chi connectivity index (χ3v) is 4.03. The molecule has 1 aromatic heterocycles. The number of benzene rings is 1. The normalized spacial score (nSPS) is 11.0. The highest BCUT2D eigenvalue weighted by Crippen LogP contribution is 2.15. The minimum absolute atomic E-state index is 0.00827. The molecule has 124 valence electrons. The number of rotatable bonds is 7. The Hall–Kier alpha value is -2.14. The topological polar surface area (TPSA) is 50.2 Å². The lowest BCUT2D eigenvalue weighted by molar-refractivity contribution is -0.117. The predicted molar refractivity (Wildman–Crippen MR) is 93.4 cm³/mol. The fourth-order valence-electron chi connectivity index (χ4n) is 2.69. The van der Waals surface area contributed by atoms with Crippen LogP contribution in [0.2, 0.25) is 0 Å². The number of para-hydroxylation sites is 1. The maximum atomic E-state index is 12.3. The second-order valence-electron chi connectivity index (χ2n) is 5.80. The Morgan fingerprint density at radius 2 is 2.00 bits per heavy atom. The zero-order valence-electron chi connectivity index (χ0n) is 14.5. The molecule has 0 aliphatic rings. The van der Waals surface area contributed by atoms with Crippen molar-refractivity contribution in [3.8, 4) is 0 Å². The molecular weight excluding hydrogens is 288 g/mol. The average Bonchev–Trinajstić information content (AvgIpc) is 2.87. The molecule has 5 heteroatoms. The van der Waals surface area contributed by atoms with E-state index < -0.39 is 0 Å². The molecule has 1 amide bonds. The number of hydrogen-bond acceptors (Lipinski definition) is 3. The van der Waals surface area contributed by atoms with E-state index in [9.17, 15) is 4.79 Å². The summed E-state index contributed by atoms with van der Waals surface area (Å²) >= 11 is 0. The first kappa shape index (κ1) is 17.2. The van der Waals surface area contributed by atoms with E-state index >= 15 is 0 Å². The highest BCUT2D eigenvalue weighted by molar-refractivity contribution is 5.92. The van der Waals surface area contributed by atoms with Crippen LogP contribution >= 0.6 is 0 Å². The third kappa shape index (κ3) is 4.42. The highest BCUT2D eigenvalue weighted by atomic mass is 16.2. The predicted octanol–water partition coefficient (Wildman–Crippen LogP) is 2.84.